The number of rotatable bonds is 5. The molecule has 20 heavy (non-hydrogen) atoms. The Morgan fingerprint density at radius 2 is 1.95 bits per heavy atom. The first-order chi connectivity index (χ1) is 9.66. The Bertz CT molecular complexity index is 451. The van der Waals surface area contributed by atoms with Gasteiger partial charge in [-0.05, 0) is 51.1 Å². The van der Waals surface area contributed by atoms with Crippen LogP contribution >= 0.6 is 0 Å². The van der Waals surface area contributed by atoms with E-state index in [-0.39, 0.29) is 5.78 Å². The lowest BCUT2D eigenvalue weighted by molar-refractivity contribution is 0.101. The molecule has 1 heterocycles. The molecular weight excluding hydrogens is 250 g/mol. The van der Waals surface area contributed by atoms with E-state index in [9.17, 15) is 4.79 Å². The van der Waals surface area contributed by atoms with Crippen molar-refractivity contribution in [1.82, 2.24) is 4.90 Å². The first-order valence-corrected chi connectivity index (χ1v) is 7.53. The molecule has 4 nitrogen and oxygen atoms in total. The van der Waals surface area contributed by atoms with E-state index < -0.39 is 0 Å². The Morgan fingerprint density at radius 3 is 2.60 bits per heavy atom. The van der Waals surface area contributed by atoms with Crippen LogP contribution in [0.5, 0.6) is 0 Å². The normalized spacial score (nSPS) is 16.6. The van der Waals surface area contributed by atoms with Gasteiger partial charge in [0.2, 0.25) is 0 Å². The minimum Gasteiger partial charge on any atom is -0.398 e. The van der Waals surface area contributed by atoms with Crippen LogP contribution in [0.25, 0.3) is 0 Å². The number of benzene rings is 1. The van der Waals surface area contributed by atoms with Crippen molar-refractivity contribution >= 4 is 17.2 Å². The number of carbonyl (C=O) groups is 1. The summed E-state index contributed by atoms with van der Waals surface area (Å²) in [5, 5.41) is 3.39. The van der Waals surface area contributed by atoms with Crippen LogP contribution in [-0.2, 0) is 0 Å². The molecule has 0 amide bonds. The van der Waals surface area contributed by atoms with Gasteiger partial charge >= 0.3 is 0 Å². The summed E-state index contributed by atoms with van der Waals surface area (Å²) in [6.45, 7) is 5.93. The lowest BCUT2D eigenvalue weighted by atomic mass is 10.1. The zero-order valence-corrected chi connectivity index (χ0v) is 12.3. The Morgan fingerprint density at radius 1 is 1.25 bits per heavy atom. The van der Waals surface area contributed by atoms with Crippen LogP contribution in [0.1, 0.15) is 43.0 Å². The molecule has 2 rings (SSSR count). The number of anilines is 2. The number of ketones is 1. The Kier molecular flexibility index (Phi) is 5.41. The predicted octanol–water partition coefficient (Wildman–Crippen LogP) is 2.76. The summed E-state index contributed by atoms with van der Waals surface area (Å²) >= 11 is 0. The zero-order valence-electron chi connectivity index (χ0n) is 12.3. The maximum atomic E-state index is 11.5. The molecular formula is C16H25N3O. The Labute approximate surface area is 121 Å². The first kappa shape index (κ1) is 14.9. The largest absolute Gasteiger partial charge is 0.398 e. The molecule has 1 aromatic carbocycles. The van der Waals surface area contributed by atoms with E-state index in [0.29, 0.717) is 11.3 Å². The van der Waals surface area contributed by atoms with Gasteiger partial charge in [0.25, 0.3) is 0 Å². The second kappa shape index (κ2) is 7.29. The second-order valence-corrected chi connectivity index (χ2v) is 5.54. The minimum atomic E-state index is 0.0127. The van der Waals surface area contributed by atoms with Gasteiger partial charge in [-0.25, -0.2) is 0 Å². The van der Waals surface area contributed by atoms with Gasteiger partial charge in [0.15, 0.2) is 5.78 Å². The van der Waals surface area contributed by atoms with Gasteiger partial charge in [-0.1, -0.05) is 12.8 Å². The summed E-state index contributed by atoms with van der Waals surface area (Å²) in [5.41, 5.74) is 7.92. The Balaban J connectivity index is 1.84. The van der Waals surface area contributed by atoms with Crippen molar-refractivity contribution in [2.45, 2.75) is 32.6 Å². The van der Waals surface area contributed by atoms with Gasteiger partial charge in [0.1, 0.15) is 0 Å². The van der Waals surface area contributed by atoms with E-state index in [1.807, 2.05) is 12.1 Å². The van der Waals surface area contributed by atoms with E-state index >= 15 is 0 Å². The van der Waals surface area contributed by atoms with Crippen molar-refractivity contribution in [2.75, 3.05) is 37.2 Å². The number of nitrogens with zero attached hydrogens (tertiary/aromatic N) is 1. The maximum absolute atomic E-state index is 11.5. The highest BCUT2D eigenvalue weighted by Gasteiger charge is 2.09. The number of nitrogen functional groups attached to an aromatic ring is 1. The third kappa shape index (κ3) is 4.23. The van der Waals surface area contributed by atoms with Crippen LogP contribution in [0.2, 0.25) is 0 Å². The van der Waals surface area contributed by atoms with Crippen molar-refractivity contribution < 1.29 is 4.79 Å². The van der Waals surface area contributed by atoms with Crippen LogP contribution < -0.4 is 11.1 Å². The van der Waals surface area contributed by atoms with Gasteiger partial charge in [-0.3, -0.25) is 4.79 Å². The summed E-state index contributed by atoms with van der Waals surface area (Å²) in [6.07, 6.45) is 5.36. The fourth-order valence-electron chi connectivity index (χ4n) is 2.69. The monoisotopic (exact) mass is 275 g/mol. The van der Waals surface area contributed by atoms with Crippen molar-refractivity contribution in [3.63, 3.8) is 0 Å². The third-order valence-electron chi connectivity index (χ3n) is 3.89. The van der Waals surface area contributed by atoms with Crippen LogP contribution in [0.3, 0.4) is 0 Å². The van der Waals surface area contributed by atoms with E-state index in [0.717, 1.165) is 18.8 Å². The molecule has 1 aromatic rings. The van der Waals surface area contributed by atoms with Crippen LogP contribution in [-0.4, -0.2) is 36.9 Å². The van der Waals surface area contributed by atoms with Crippen molar-refractivity contribution in [2.24, 2.45) is 0 Å². The standard InChI is InChI=1S/C16H25N3O/c1-13(20)15-12-14(6-7-16(15)17)18-8-11-19-9-4-2-3-5-10-19/h6-7,12,18H,2-5,8-11,17H2,1H3. The summed E-state index contributed by atoms with van der Waals surface area (Å²) in [5.74, 6) is 0.0127. The number of Topliss-reactive ketones (excluding diaryl/α,β-unsaturated/α-hetero) is 1. The number of hydrogen-bond donors (Lipinski definition) is 2. The van der Waals surface area contributed by atoms with Gasteiger partial charge in [0.05, 0.1) is 0 Å². The number of carbonyl (C=O) groups excluding carboxylic acids is 1. The summed E-state index contributed by atoms with van der Waals surface area (Å²) in [7, 11) is 0. The van der Waals surface area contributed by atoms with Gasteiger partial charge in [-0.15, -0.1) is 0 Å². The third-order valence-corrected chi connectivity index (χ3v) is 3.89. The fraction of sp³-hybridized carbons (Fsp3) is 0.562. The van der Waals surface area contributed by atoms with Crippen LogP contribution in [0.4, 0.5) is 11.4 Å². The van der Waals surface area contributed by atoms with E-state index in [1.165, 1.54) is 38.8 Å². The molecule has 0 atom stereocenters. The van der Waals surface area contributed by atoms with Gasteiger partial charge in [0, 0.05) is 30.0 Å². The summed E-state index contributed by atoms with van der Waals surface area (Å²) in [6, 6.07) is 5.58. The molecule has 1 saturated heterocycles. The molecule has 110 valence electrons. The lowest BCUT2D eigenvalue weighted by Crippen LogP contribution is -2.30. The van der Waals surface area contributed by atoms with Crippen LogP contribution in [0, 0.1) is 0 Å². The van der Waals surface area contributed by atoms with Crippen molar-refractivity contribution in [3.05, 3.63) is 23.8 Å². The van der Waals surface area contributed by atoms with Crippen LogP contribution in [0.15, 0.2) is 18.2 Å². The van der Waals surface area contributed by atoms with E-state index in [2.05, 4.69) is 10.2 Å². The number of nitrogens with two attached hydrogens (primary N) is 1. The molecule has 1 aliphatic heterocycles. The smallest absolute Gasteiger partial charge is 0.161 e. The maximum Gasteiger partial charge on any atom is 0.161 e. The number of nitrogens with one attached hydrogen (secondary N) is 1. The average molecular weight is 275 g/mol. The topological polar surface area (TPSA) is 58.4 Å². The minimum absolute atomic E-state index is 0.0127. The predicted molar refractivity (Wildman–Crippen MR) is 84.3 cm³/mol. The van der Waals surface area contributed by atoms with E-state index in [4.69, 9.17) is 5.73 Å². The molecule has 0 saturated carbocycles. The second-order valence-electron chi connectivity index (χ2n) is 5.54. The Hall–Kier alpha value is -1.55. The zero-order chi connectivity index (χ0) is 14.4. The molecule has 0 bridgehead atoms. The van der Waals surface area contributed by atoms with Crippen molar-refractivity contribution in [1.29, 1.82) is 0 Å². The molecule has 4 heteroatoms. The van der Waals surface area contributed by atoms with Crippen molar-refractivity contribution in [3.8, 4) is 0 Å². The SMILES string of the molecule is CC(=O)c1cc(NCCN2CCCCCC2)ccc1N. The summed E-state index contributed by atoms with van der Waals surface area (Å²) in [4.78, 5) is 14.0. The highest BCUT2D eigenvalue weighted by Crippen LogP contribution is 2.18. The molecule has 0 unspecified atom stereocenters. The first-order valence-electron chi connectivity index (χ1n) is 7.53. The molecule has 3 N–H and O–H groups in total. The molecule has 1 fully saturated rings. The van der Waals surface area contributed by atoms with Gasteiger partial charge < -0.3 is 16.0 Å². The summed E-state index contributed by atoms with van der Waals surface area (Å²) < 4.78 is 0. The van der Waals surface area contributed by atoms with E-state index in [1.54, 1.807) is 13.0 Å². The molecule has 1 aliphatic rings. The quantitative estimate of drug-likeness (QED) is 0.641. The molecule has 0 spiro atoms. The fourth-order valence-corrected chi connectivity index (χ4v) is 2.69. The average Bonchev–Trinajstić information content (AvgIpc) is 2.69. The highest BCUT2D eigenvalue weighted by atomic mass is 16.1. The number of hydrogen-bond acceptors (Lipinski definition) is 4. The molecule has 0 aliphatic carbocycles. The highest BCUT2D eigenvalue weighted by molar-refractivity contribution is 5.99. The molecule has 0 radical (unpaired) electrons. The molecule has 0 aromatic heterocycles. The lowest BCUT2D eigenvalue weighted by Gasteiger charge is -2.20. The van der Waals surface area contributed by atoms with Gasteiger partial charge in [-0.2, -0.15) is 0 Å². The number of likely N-dealkylation sites (tertiary alicyclic amines) is 1.